The Labute approximate surface area is 81.3 Å². The lowest BCUT2D eigenvalue weighted by atomic mass is 10.2. The first-order valence-electron chi connectivity index (χ1n) is 3.67. The van der Waals surface area contributed by atoms with E-state index < -0.39 is 28.6 Å². The summed E-state index contributed by atoms with van der Waals surface area (Å²) >= 11 is 0. The molecule has 0 amide bonds. The molecule has 1 unspecified atom stereocenters. The Bertz CT molecular complexity index is 363. The van der Waals surface area contributed by atoms with E-state index in [1.54, 1.807) is 0 Å². The van der Waals surface area contributed by atoms with Crippen molar-refractivity contribution in [2.45, 2.75) is 12.3 Å². The van der Waals surface area contributed by atoms with Crippen LogP contribution in [0.15, 0.2) is 18.3 Å². The molecule has 1 aromatic heterocycles. The number of hydrogen-bond acceptors (Lipinski definition) is 4. The number of aliphatic hydroxyl groups is 1. The second-order valence-corrected chi connectivity index (χ2v) is 2.64. The van der Waals surface area contributed by atoms with Crippen LogP contribution in [0.2, 0.25) is 0 Å². The summed E-state index contributed by atoms with van der Waals surface area (Å²) in [7, 11) is 0. The normalized spacial score (nSPS) is 13.6. The molecule has 0 aliphatic carbocycles. The quantitative estimate of drug-likeness (QED) is 0.608. The number of hydrogen-bond donors (Lipinski definition) is 1. The van der Waals surface area contributed by atoms with Crippen molar-refractivity contribution in [3.05, 3.63) is 34.1 Å². The van der Waals surface area contributed by atoms with Crippen LogP contribution in [0.4, 0.5) is 18.9 Å². The van der Waals surface area contributed by atoms with Gasteiger partial charge in [0, 0.05) is 6.07 Å². The number of aliphatic hydroxyl groups excluding tert-OH is 1. The van der Waals surface area contributed by atoms with Gasteiger partial charge in [0.1, 0.15) is 6.20 Å². The number of alkyl halides is 3. The van der Waals surface area contributed by atoms with Crippen molar-refractivity contribution in [1.29, 1.82) is 0 Å². The lowest BCUT2D eigenvalue weighted by Crippen LogP contribution is -2.21. The van der Waals surface area contributed by atoms with Crippen LogP contribution in [0, 0.1) is 10.1 Å². The van der Waals surface area contributed by atoms with E-state index in [-0.39, 0.29) is 0 Å². The Morgan fingerprint density at radius 1 is 1.47 bits per heavy atom. The summed E-state index contributed by atoms with van der Waals surface area (Å²) in [5.74, 6) is 0. The molecule has 0 saturated heterocycles. The maximum Gasteiger partial charge on any atom is 0.420 e. The van der Waals surface area contributed by atoms with Crippen molar-refractivity contribution in [2.75, 3.05) is 0 Å². The molecule has 0 saturated carbocycles. The zero-order chi connectivity index (χ0) is 11.6. The molecule has 1 atom stereocenters. The molecule has 0 bridgehead atoms. The molecule has 82 valence electrons. The van der Waals surface area contributed by atoms with E-state index in [4.69, 9.17) is 5.11 Å². The molecule has 0 radical (unpaired) electrons. The van der Waals surface area contributed by atoms with Crippen LogP contribution < -0.4 is 0 Å². The summed E-state index contributed by atoms with van der Waals surface area (Å²) < 4.78 is 35.9. The van der Waals surface area contributed by atoms with Gasteiger partial charge in [-0.1, -0.05) is 0 Å². The third kappa shape index (κ3) is 2.62. The first-order chi connectivity index (χ1) is 6.82. The molecule has 15 heavy (non-hydrogen) atoms. The Morgan fingerprint density at radius 2 is 2.07 bits per heavy atom. The van der Waals surface area contributed by atoms with Gasteiger partial charge in [-0.25, -0.2) is 0 Å². The number of aromatic nitrogens is 1. The van der Waals surface area contributed by atoms with Gasteiger partial charge in [0.2, 0.25) is 0 Å². The van der Waals surface area contributed by atoms with Gasteiger partial charge in [-0.3, -0.25) is 15.1 Å². The first kappa shape index (κ1) is 11.4. The van der Waals surface area contributed by atoms with Gasteiger partial charge in [0.05, 0.1) is 10.6 Å². The van der Waals surface area contributed by atoms with Crippen molar-refractivity contribution in [2.24, 2.45) is 0 Å². The summed E-state index contributed by atoms with van der Waals surface area (Å²) in [6.45, 7) is 0. The van der Waals surface area contributed by atoms with Crippen molar-refractivity contribution < 1.29 is 23.2 Å². The van der Waals surface area contributed by atoms with E-state index in [0.29, 0.717) is 6.20 Å². The van der Waals surface area contributed by atoms with Crippen molar-refractivity contribution >= 4 is 5.69 Å². The number of rotatable bonds is 2. The minimum absolute atomic E-state index is 0.437. The third-order valence-electron chi connectivity index (χ3n) is 1.57. The van der Waals surface area contributed by atoms with Crippen molar-refractivity contribution in [3.63, 3.8) is 0 Å². The van der Waals surface area contributed by atoms with Crippen LogP contribution >= 0.6 is 0 Å². The van der Waals surface area contributed by atoms with E-state index in [9.17, 15) is 23.3 Å². The smallest absolute Gasteiger partial charge is 0.378 e. The van der Waals surface area contributed by atoms with Gasteiger partial charge >= 0.3 is 6.18 Å². The monoisotopic (exact) mass is 222 g/mol. The highest BCUT2D eigenvalue weighted by Crippen LogP contribution is 2.31. The zero-order valence-corrected chi connectivity index (χ0v) is 7.10. The minimum atomic E-state index is -4.83. The molecule has 0 spiro atoms. The summed E-state index contributed by atoms with van der Waals surface area (Å²) in [5, 5.41) is 18.9. The average Bonchev–Trinajstić information content (AvgIpc) is 2.15. The van der Waals surface area contributed by atoms with Crippen LogP contribution in [-0.4, -0.2) is 21.2 Å². The van der Waals surface area contributed by atoms with Crippen LogP contribution in [0.3, 0.4) is 0 Å². The summed E-state index contributed by atoms with van der Waals surface area (Å²) in [6.07, 6.45) is -6.90. The largest absolute Gasteiger partial charge is 0.420 e. The molecule has 0 aliphatic rings. The SMILES string of the molecule is O=[N+]([O-])c1ccc(C(O)C(F)(F)F)nc1. The Balaban J connectivity index is 2.94. The molecular formula is C7H5F3N2O3. The Kier molecular flexibility index (Phi) is 2.89. The second kappa shape index (κ2) is 3.81. The lowest BCUT2D eigenvalue weighted by molar-refractivity contribution is -0.385. The van der Waals surface area contributed by atoms with Crippen LogP contribution in [0.25, 0.3) is 0 Å². The highest BCUT2D eigenvalue weighted by molar-refractivity contribution is 5.27. The number of pyridine rings is 1. The lowest BCUT2D eigenvalue weighted by Gasteiger charge is -2.12. The molecular weight excluding hydrogens is 217 g/mol. The van der Waals surface area contributed by atoms with Gasteiger partial charge in [0.25, 0.3) is 5.69 Å². The van der Waals surface area contributed by atoms with Gasteiger partial charge in [0.15, 0.2) is 6.10 Å². The van der Waals surface area contributed by atoms with Crippen LogP contribution in [0.5, 0.6) is 0 Å². The van der Waals surface area contributed by atoms with Gasteiger partial charge in [-0.15, -0.1) is 0 Å². The topological polar surface area (TPSA) is 76.3 Å². The fourth-order valence-corrected chi connectivity index (χ4v) is 0.835. The third-order valence-corrected chi connectivity index (χ3v) is 1.57. The molecule has 8 heteroatoms. The molecule has 1 rings (SSSR count). The van der Waals surface area contributed by atoms with Gasteiger partial charge in [-0.05, 0) is 6.07 Å². The second-order valence-electron chi connectivity index (χ2n) is 2.64. The zero-order valence-electron chi connectivity index (χ0n) is 7.10. The standard InChI is InChI=1S/C7H5F3N2O3/c8-7(9,10)6(13)5-2-1-4(3-11-5)12(14)15/h1-3,6,13H. The van der Waals surface area contributed by atoms with Gasteiger partial charge < -0.3 is 5.11 Å². The maximum atomic E-state index is 12.0. The fraction of sp³-hybridized carbons (Fsp3) is 0.286. The first-order valence-corrected chi connectivity index (χ1v) is 3.67. The molecule has 1 heterocycles. The maximum absolute atomic E-state index is 12.0. The minimum Gasteiger partial charge on any atom is -0.378 e. The summed E-state index contributed by atoms with van der Waals surface area (Å²) in [4.78, 5) is 12.5. The van der Waals surface area contributed by atoms with Gasteiger partial charge in [-0.2, -0.15) is 13.2 Å². The predicted octanol–water partition coefficient (Wildman–Crippen LogP) is 1.59. The van der Waals surface area contributed by atoms with E-state index in [1.165, 1.54) is 0 Å². The molecule has 0 aliphatic heterocycles. The van der Waals surface area contributed by atoms with Crippen molar-refractivity contribution in [1.82, 2.24) is 4.98 Å². The Hall–Kier alpha value is -1.70. The molecule has 1 N–H and O–H groups in total. The molecule has 1 aromatic rings. The van der Waals surface area contributed by atoms with Crippen LogP contribution in [0.1, 0.15) is 11.8 Å². The molecule has 0 fully saturated rings. The van der Waals surface area contributed by atoms with E-state index in [1.807, 2.05) is 0 Å². The van der Waals surface area contributed by atoms with E-state index >= 15 is 0 Å². The highest BCUT2D eigenvalue weighted by Gasteiger charge is 2.40. The summed E-state index contributed by atoms with van der Waals surface area (Å²) in [5.41, 5.74) is -1.11. The van der Waals surface area contributed by atoms with E-state index in [0.717, 1.165) is 12.1 Å². The highest BCUT2D eigenvalue weighted by atomic mass is 19.4. The Morgan fingerprint density at radius 3 is 2.40 bits per heavy atom. The number of halogens is 3. The van der Waals surface area contributed by atoms with Crippen molar-refractivity contribution in [3.8, 4) is 0 Å². The predicted molar refractivity (Wildman–Crippen MR) is 41.9 cm³/mol. The molecule has 5 nitrogen and oxygen atoms in total. The summed E-state index contributed by atoms with van der Waals surface area (Å²) in [6, 6.07) is 1.60. The average molecular weight is 222 g/mol. The number of nitrogens with zero attached hydrogens (tertiary/aromatic N) is 2. The number of nitro groups is 1. The van der Waals surface area contributed by atoms with Crippen LogP contribution in [-0.2, 0) is 0 Å². The fourth-order valence-electron chi connectivity index (χ4n) is 0.835. The molecule has 0 aromatic carbocycles. The van der Waals surface area contributed by atoms with E-state index in [2.05, 4.69) is 4.98 Å².